The van der Waals surface area contributed by atoms with Crippen molar-refractivity contribution in [1.82, 2.24) is 29.7 Å². The molecule has 9 rings (SSSR count). The average molecular weight is 758 g/mol. The van der Waals surface area contributed by atoms with Crippen molar-refractivity contribution >= 4 is 58.4 Å². The lowest BCUT2D eigenvalue weighted by molar-refractivity contribution is -0.157. The molecule has 15 heteroatoms. The first-order valence-corrected chi connectivity index (χ1v) is 21.4. The van der Waals surface area contributed by atoms with Crippen LogP contribution in [0.4, 0.5) is 0 Å². The van der Waals surface area contributed by atoms with Crippen LogP contribution in [0.1, 0.15) is 61.9 Å². The van der Waals surface area contributed by atoms with Gasteiger partial charge in [0.25, 0.3) is 0 Å². The average Bonchev–Trinajstić information content (AvgIpc) is 3.51. The summed E-state index contributed by atoms with van der Waals surface area (Å²) in [5.41, 5.74) is 8.04. The quantitative estimate of drug-likeness (QED) is 0.234. The lowest BCUT2D eigenvalue weighted by atomic mass is 9.65. The van der Waals surface area contributed by atoms with Crippen molar-refractivity contribution in [1.29, 1.82) is 0 Å². The third-order valence-electron chi connectivity index (χ3n) is 11.9. The van der Waals surface area contributed by atoms with Crippen molar-refractivity contribution in [2.24, 2.45) is 10.8 Å². The zero-order valence-electron chi connectivity index (χ0n) is 29.7. The minimum Gasteiger partial charge on any atom is -0.464 e. The fourth-order valence-electron chi connectivity index (χ4n) is 9.41. The van der Waals surface area contributed by atoms with Gasteiger partial charge in [-0.05, 0) is 56.6 Å². The first-order chi connectivity index (χ1) is 24.9. The Hall–Kier alpha value is -3.60. The highest BCUT2D eigenvalue weighted by atomic mass is 32.2. The number of hydrogen-bond acceptors (Lipinski definition) is 10. The van der Waals surface area contributed by atoms with Crippen molar-refractivity contribution in [3.05, 3.63) is 58.2 Å². The number of cyclic esters (lactones) is 1. The number of esters is 1. The molecule has 1 saturated heterocycles. The van der Waals surface area contributed by atoms with Gasteiger partial charge in [-0.3, -0.25) is 19.6 Å². The van der Waals surface area contributed by atoms with Gasteiger partial charge in [0.05, 0.1) is 34.1 Å². The van der Waals surface area contributed by atoms with Crippen molar-refractivity contribution in [2.45, 2.75) is 75.4 Å². The first kappa shape index (κ1) is 34.2. The Bertz CT molecular complexity index is 2320. The number of nitrogens with one attached hydrogen (secondary N) is 2. The van der Waals surface area contributed by atoms with Gasteiger partial charge in [-0.25, -0.2) is 23.5 Å². The molecule has 12 nitrogen and oxygen atoms in total. The topological polar surface area (TPSA) is 145 Å². The Morgan fingerprint density at radius 3 is 2.83 bits per heavy atom. The lowest BCUT2D eigenvalue weighted by Crippen LogP contribution is -2.68. The van der Waals surface area contributed by atoms with Gasteiger partial charge in [-0.1, -0.05) is 25.1 Å². The number of thiazole rings is 1. The van der Waals surface area contributed by atoms with Crippen LogP contribution in [0, 0.1) is 10.8 Å². The van der Waals surface area contributed by atoms with Gasteiger partial charge in [-0.15, -0.1) is 11.3 Å². The van der Waals surface area contributed by atoms with Gasteiger partial charge in [0.1, 0.15) is 17.4 Å². The molecule has 271 valence electrons. The summed E-state index contributed by atoms with van der Waals surface area (Å²) >= 11 is 1.45. The van der Waals surface area contributed by atoms with E-state index in [-0.39, 0.29) is 30.4 Å². The van der Waals surface area contributed by atoms with Gasteiger partial charge in [0.2, 0.25) is 15.9 Å². The zero-order chi connectivity index (χ0) is 36.3. The smallest absolute Gasteiger partial charge is 0.324 e. The van der Waals surface area contributed by atoms with Crippen molar-refractivity contribution in [2.75, 3.05) is 27.3 Å². The Balaban J connectivity index is 1.25. The van der Waals surface area contributed by atoms with Gasteiger partial charge in [-0.2, -0.15) is 0 Å². The number of nitrogens with zero attached hydrogens (tertiary/aromatic N) is 4. The van der Waals surface area contributed by atoms with E-state index in [4.69, 9.17) is 19.4 Å². The van der Waals surface area contributed by atoms with Crippen molar-refractivity contribution in [3.63, 3.8) is 0 Å². The number of pyridine rings is 1. The molecule has 3 aromatic heterocycles. The summed E-state index contributed by atoms with van der Waals surface area (Å²) in [5, 5.41) is 5.32. The molecule has 6 heterocycles. The molecule has 1 amide bonds. The fourth-order valence-corrected chi connectivity index (χ4v) is 14.6. The second kappa shape index (κ2) is 12.0. The minimum atomic E-state index is -3.80. The number of aryl methyl sites for hydroxylation is 1. The number of amides is 1. The molecule has 52 heavy (non-hydrogen) atoms. The van der Waals surface area contributed by atoms with Crippen LogP contribution < -0.4 is 10.1 Å². The highest BCUT2D eigenvalue weighted by molar-refractivity contribution is 7.90. The SMILES string of the molecule is CCn1c2c3c4cc(ccc41)-c1csc(n1)C[C@]1(C(=O)N4CCC[C@H](N4)C(=O)OCC(C)(C)C3[C@H](OC)c3ncccc3-2)C2=[Si]C2C1S(=O)(=O)NC. The van der Waals surface area contributed by atoms with Crippen molar-refractivity contribution in [3.8, 4) is 22.5 Å². The molecule has 6 atom stereocenters. The summed E-state index contributed by atoms with van der Waals surface area (Å²) < 4.78 is 44.4. The van der Waals surface area contributed by atoms with E-state index in [1.165, 1.54) is 23.4 Å². The number of rotatable bonds is 4. The fraction of sp³-hybridized carbons (Fsp3) is 0.486. The molecule has 1 radical (unpaired) electrons. The van der Waals surface area contributed by atoms with E-state index >= 15 is 0 Å². The molecule has 2 fully saturated rings. The third kappa shape index (κ3) is 4.78. The number of hydrazine groups is 1. The van der Waals surface area contributed by atoms with Crippen LogP contribution in [-0.2, 0) is 42.1 Å². The summed E-state index contributed by atoms with van der Waals surface area (Å²) in [6.45, 7) is 7.55. The molecule has 6 bridgehead atoms. The molecule has 5 aliphatic rings. The lowest BCUT2D eigenvalue weighted by Gasteiger charge is -2.49. The molecule has 3 aliphatic heterocycles. The number of hydrogen-bond donors (Lipinski definition) is 2. The second-order valence-corrected chi connectivity index (χ2v) is 19.6. The van der Waals surface area contributed by atoms with Crippen LogP contribution in [0.3, 0.4) is 0 Å². The molecule has 1 aromatic carbocycles. The molecular weight excluding hydrogens is 717 g/mol. The maximum absolute atomic E-state index is 14.7. The summed E-state index contributed by atoms with van der Waals surface area (Å²) in [5.74, 6) is -0.998. The van der Waals surface area contributed by atoms with E-state index in [9.17, 15) is 18.0 Å². The molecule has 1 saturated carbocycles. The normalized spacial score (nSPS) is 29.1. The number of aromatic nitrogens is 3. The molecule has 1 spiro atoms. The van der Waals surface area contributed by atoms with E-state index in [0.717, 1.165) is 56.4 Å². The van der Waals surface area contributed by atoms with Crippen LogP contribution in [-0.4, -0.2) is 92.7 Å². The van der Waals surface area contributed by atoms with Gasteiger partial charge >= 0.3 is 5.97 Å². The Morgan fingerprint density at radius 2 is 2.06 bits per heavy atom. The number of sulfonamides is 1. The number of carbonyl (C=O) groups is 2. The third-order valence-corrected chi connectivity index (χ3v) is 16.6. The van der Waals surface area contributed by atoms with Crippen LogP contribution in [0.2, 0.25) is 5.54 Å². The Kier molecular flexibility index (Phi) is 7.86. The Labute approximate surface area is 308 Å². The van der Waals surface area contributed by atoms with E-state index in [0.29, 0.717) is 33.5 Å². The van der Waals surface area contributed by atoms with Crippen molar-refractivity contribution < 1.29 is 27.5 Å². The molecule has 2 aliphatic carbocycles. The second-order valence-electron chi connectivity index (χ2n) is 15.2. The van der Waals surface area contributed by atoms with Crippen LogP contribution in [0.25, 0.3) is 33.4 Å². The van der Waals surface area contributed by atoms with E-state index in [1.54, 1.807) is 13.3 Å². The number of ether oxygens (including phenoxy) is 2. The van der Waals surface area contributed by atoms with Gasteiger partial charge in [0.15, 0.2) is 0 Å². The first-order valence-electron chi connectivity index (χ1n) is 17.8. The molecule has 4 aromatic rings. The van der Waals surface area contributed by atoms with E-state index in [1.807, 2.05) is 11.4 Å². The number of carbonyl (C=O) groups excluding carboxylic acids is 2. The maximum atomic E-state index is 14.7. The summed E-state index contributed by atoms with van der Waals surface area (Å²) in [7, 11) is -0.392. The maximum Gasteiger partial charge on any atom is 0.324 e. The summed E-state index contributed by atoms with van der Waals surface area (Å²) in [6.07, 6.45) is 2.63. The summed E-state index contributed by atoms with van der Waals surface area (Å²) in [4.78, 5) is 38.6. The number of methoxy groups -OCH3 is 1. The van der Waals surface area contributed by atoms with Gasteiger partial charge in [0, 0.05) is 86.2 Å². The monoisotopic (exact) mass is 757 g/mol. The largest absolute Gasteiger partial charge is 0.464 e. The number of benzene rings is 1. The highest BCUT2D eigenvalue weighted by Gasteiger charge is 2.73. The molecule has 2 N–H and O–H groups in total. The summed E-state index contributed by atoms with van der Waals surface area (Å²) in [6, 6.07) is 9.73. The predicted molar refractivity (Wildman–Crippen MR) is 199 cm³/mol. The van der Waals surface area contributed by atoms with E-state index < -0.39 is 44.2 Å². The van der Waals surface area contributed by atoms with Crippen LogP contribution >= 0.6 is 11.3 Å². The van der Waals surface area contributed by atoms with Crippen LogP contribution in [0.15, 0.2) is 41.9 Å². The van der Waals surface area contributed by atoms with Crippen LogP contribution in [0.5, 0.6) is 0 Å². The molecule has 3 unspecified atom stereocenters. The highest BCUT2D eigenvalue weighted by Crippen LogP contribution is 2.60. The standard InChI is InChI=1S/C37H41N6O6S2Si/c1-6-42-24-12-11-19-15-21(24)26-27(30(48-5)28-20(29(26)42)9-7-13-39-28)36(2,3)18-49-34(44)22-10-8-14-43(41-22)35(45)37(16-25-40-23(19)17-50-25)32(31-33(37)52-31)51(46,47)38-4/h7,9,11-13,15,17,22,27,30-32,38,41H,6,8,10,14,16,18H2,1-5H3/t22-,27?,30-,31?,32?,37+/m0/s1. The molecular formula is C37H41N6O6S2Si. The Morgan fingerprint density at radius 1 is 1.23 bits per heavy atom. The predicted octanol–water partition coefficient (Wildman–Crippen LogP) is 3.85. The minimum absolute atomic E-state index is 0.102. The zero-order valence-corrected chi connectivity index (χ0v) is 32.4. The van der Waals surface area contributed by atoms with E-state index in [2.05, 4.69) is 59.8 Å². The number of fused-ring (bicyclic) bond motifs is 10. The van der Waals surface area contributed by atoms with Gasteiger partial charge < -0.3 is 14.0 Å².